The molecule has 1 N–H and O–H groups in total. The molecule has 2 heterocycles. The molecule has 6 nitrogen and oxygen atoms in total. The topological polar surface area (TPSA) is 69.7 Å². The van der Waals surface area contributed by atoms with Crippen molar-refractivity contribution in [2.45, 2.75) is 44.6 Å². The number of benzene rings is 1. The number of nitrogens with zero attached hydrogens (tertiary/aromatic N) is 2. The summed E-state index contributed by atoms with van der Waals surface area (Å²) in [5.41, 5.74) is 0.278. The van der Waals surface area contributed by atoms with Crippen molar-refractivity contribution in [3.63, 3.8) is 0 Å². The van der Waals surface area contributed by atoms with E-state index in [9.17, 15) is 14.4 Å². The van der Waals surface area contributed by atoms with E-state index in [1.807, 2.05) is 37.3 Å². The fourth-order valence-electron chi connectivity index (χ4n) is 3.61. The van der Waals surface area contributed by atoms with Crippen molar-refractivity contribution >= 4 is 17.8 Å². The standard InChI is InChI=1S/C19H25N3O3/c1-2-6-16(23)21-13-10-19(11-14-21)17(24)22(18(25)20-19)12-9-15-7-4-3-5-8-15/h3-5,7-8H,2,6,9-14H2,1H3,(H,20,25). The largest absolute Gasteiger partial charge is 0.342 e. The van der Waals surface area contributed by atoms with Crippen LogP contribution in [0.15, 0.2) is 30.3 Å². The molecular formula is C19H25N3O3. The average Bonchev–Trinajstić information content (AvgIpc) is 2.85. The predicted molar refractivity (Wildman–Crippen MR) is 93.8 cm³/mol. The number of imide groups is 1. The molecule has 0 radical (unpaired) electrons. The van der Waals surface area contributed by atoms with Crippen LogP contribution in [0, 0.1) is 0 Å². The average molecular weight is 343 g/mol. The minimum absolute atomic E-state index is 0.134. The van der Waals surface area contributed by atoms with E-state index < -0.39 is 5.54 Å². The smallest absolute Gasteiger partial charge is 0.325 e. The van der Waals surface area contributed by atoms with Gasteiger partial charge in [0, 0.05) is 26.1 Å². The molecule has 0 bridgehead atoms. The van der Waals surface area contributed by atoms with Crippen LogP contribution >= 0.6 is 0 Å². The van der Waals surface area contributed by atoms with Crippen LogP contribution in [0.25, 0.3) is 0 Å². The second-order valence-corrected chi connectivity index (χ2v) is 6.84. The quantitative estimate of drug-likeness (QED) is 0.831. The van der Waals surface area contributed by atoms with E-state index >= 15 is 0 Å². The molecule has 0 saturated carbocycles. The molecular weight excluding hydrogens is 318 g/mol. The van der Waals surface area contributed by atoms with Gasteiger partial charge in [-0.15, -0.1) is 0 Å². The van der Waals surface area contributed by atoms with Crippen molar-refractivity contribution < 1.29 is 14.4 Å². The number of urea groups is 1. The van der Waals surface area contributed by atoms with E-state index in [2.05, 4.69) is 5.32 Å². The Bertz CT molecular complexity index is 651. The maximum atomic E-state index is 12.9. The second-order valence-electron chi connectivity index (χ2n) is 6.84. The number of piperidine rings is 1. The van der Waals surface area contributed by atoms with Gasteiger partial charge in [-0.1, -0.05) is 37.3 Å². The van der Waals surface area contributed by atoms with Crippen LogP contribution < -0.4 is 5.32 Å². The number of hydrogen-bond acceptors (Lipinski definition) is 3. The van der Waals surface area contributed by atoms with E-state index in [0.717, 1.165) is 12.0 Å². The Morgan fingerprint density at radius 2 is 1.84 bits per heavy atom. The van der Waals surface area contributed by atoms with Gasteiger partial charge in [0.25, 0.3) is 5.91 Å². The summed E-state index contributed by atoms with van der Waals surface area (Å²) in [6, 6.07) is 9.52. The fourth-order valence-corrected chi connectivity index (χ4v) is 3.61. The number of nitrogens with one attached hydrogen (secondary N) is 1. The van der Waals surface area contributed by atoms with E-state index in [0.29, 0.717) is 45.3 Å². The lowest BCUT2D eigenvalue weighted by atomic mass is 9.87. The van der Waals surface area contributed by atoms with Crippen molar-refractivity contribution in [2.24, 2.45) is 0 Å². The van der Waals surface area contributed by atoms with Gasteiger partial charge in [-0.3, -0.25) is 14.5 Å². The van der Waals surface area contributed by atoms with Crippen molar-refractivity contribution in [2.75, 3.05) is 19.6 Å². The maximum Gasteiger partial charge on any atom is 0.325 e. The van der Waals surface area contributed by atoms with Crippen molar-refractivity contribution in [1.82, 2.24) is 15.1 Å². The van der Waals surface area contributed by atoms with Crippen LogP contribution in [0.5, 0.6) is 0 Å². The molecule has 0 unspecified atom stereocenters. The first-order valence-corrected chi connectivity index (χ1v) is 9.01. The zero-order valence-corrected chi connectivity index (χ0v) is 14.7. The molecule has 0 atom stereocenters. The number of amides is 4. The Balaban J connectivity index is 1.60. The van der Waals surface area contributed by atoms with E-state index in [-0.39, 0.29) is 17.8 Å². The normalized spacial score (nSPS) is 19.4. The van der Waals surface area contributed by atoms with Gasteiger partial charge in [0.05, 0.1) is 0 Å². The van der Waals surface area contributed by atoms with Crippen molar-refractivity contribution in [1.29, 1.82) is 0 Å². The Morgan fingerprint density at radius 1 is 1.16 bits per heavy atom. The van der Waals surface area contributed by atoms with Gasteiger partial charge >= 0.3 is 6.03 Å². The van der Waals surface area contributed by atoms with Gasteiger partial charge < -0.3 is 10.2 Å². The highest BCUT2D eigenvalue weighted by Crippen LogP contribution is 2.30. The lowest BCUT2D eigenvalue weighted by Crippen LogP contribution is -2.55. The summed E-state index contributed by atoms with van der Waals surface area (Å²) in [6.07, 6.45) is 3.00. The summed E-state index contributed by atoms with van der Waals surface area (Å²) in [5.74, 6) is -0.00826. The van der Waals surface area contributed by atoms with Crippen molar-refractivity contribution in [3.05, 3.63) is 35.9 Å². The van der Waals surface area contributed by atoms with Gasteiger partial charge in [0.1, 0.15) is 5.54 Å². The maximum absolute atomic E-state index is 12.9. The molecule has 2 aliphatic rings. The van der Waals surface area contributed by atoms with E-state index in [1.165, 1.54) is 4.90 Å². The number of rotatable bonds is 5. The lowest BCUT2D eigenvalue weighted by molar-refractivity contribution is -0.138. The van der Waals surface area contributed by atoms with Crippen LogP contribution in [0.2, 0.25) is 0 Å². The zero-order chi connectivity index (χ0) is 17.9. The third kappa shape index (κ3) is 3.52. The fraction of sp³-hybridized carbons (Fsp3) is 0.526. The number of hydrogen-bond donors (Lipinski definition) is 1. The summed E-state index contributed by atoms with van der Waals surface area (Å²) in [4.78, 5) is 40.3. The Kier molecular flexibility index (Phi) is 5.06. The predicted octanol–water partition coefficient (Wildman–Crippen LogP) is 1.94. The molecule has 1 aromatic carbocycles. The highest BCUT2D eigenvalue weighted by Gasteiger charge is 2.52. The summed E-state index contributed by atoms with van der Waals surface area (Å²) >= 11 is 0. The summed E-state index contributed by atoms with van der Waals surface area (Å²) < 4.78 is 0. The number of carbonyl (C=O) groups excluding carboxylic acids is 3. The second kappa shape index (κ2) is 7.25. The molecule has 1 aromatic rings. The van der Waals surface area contributed by atoms with Gasteiger partial charge in [-0.2, -0.15) is 0 Å². The Labute approximate surface area is 148 Å². The highest BCUT2D eigenvalue weighted by molar-refractivity contribution is 6.07. The van der Waals surface area contributed by atoms with E-state index in [4.69, 9.17) is 0 Å². The molecule has 3 rings (SSSR count). The Morgan fingerprint density at radius 3 is 2.48 bits per heavy atom. The van der Waals surface area contributed by atoms with Gasteiger partial charge in [0.15, 0.2) is 0 Å². The van der Waals surface area contributed by atoms with Crippen LogP contribution in [-0.4, -0.2) is 52.8 Å². The summed E-state index contributed by atoms with van der Waals surface area (Å²) in [7, 11) is 0. The molecule has 0 aliphatic carbocycles. The molecule has 2 fully saturated rings. The SMILES string of the molecule is CCCC(=O)N1CCC2(CC1)NC(=O)N(CCc1ccccc1)C2=O. The van der Waals surface area contributed by atoms with E-state index in [1.54, 1.807) is 4.90 Å². The lowest BCUT2D eigenvalue weighted by Gasteiger charge is -2.37. The molecule has 2 aliphatic heterocycles. The Hall–Kier alpha value is -2.37. The third-order valence-electron chi connectivity index (χ3n) is 5.15. The molecule has 0 aromatic heterocycles. The van der Waals surface area contributed by atoms with Gasteiger partial charge in [0.2, 0.25) is 5.91 Å². The molecule has 25 heavy (non-hydrogen) atoms. The number of likely N-dealkylation sites (tertiary alicyclic amines) is 1. The summed E-state index contributed by atoms with van der Waals surface area (Å²) in [6.45, 7) is 3.42. The summed E-state index contributed by atoms with van der Waals surface area (Å²) in [5, 5.41) is 2.90. The molecule has 4 amide bonds. The number of carbonyl (C=O) groups is 3. The van der Waals surface area contributed by atoms with Gasteiger partial charge in [-0.05, 0) is 31.2 Å². The molecule has 6 heteroatoms. The first-order chi connectivity index (χ1) is 12.1. The highest BCUT2D eigenvalue weighted by atomic mass is 16.2. The van der Waals surface area contributed by atoms with Crippen LogP contribution in [0.4, 0.5) is 4.79 Å². The molecule has 1 spiro atoms. The first kappa shape index (κ1) is 17.5. The van der Waals surface area contributed by atoms with Crippen molar-refractivity contribution in [3.8, 4) is 0 Å². The minimum atomic E-state index is -0.823. The van der Waals surface area contributed by atoms with Gasteiger partial charge in [-0.25, -0.2) is 4.79 Å². The molecule has 134 valence electrons. The third-order valence-corrected chi connectivity index (χ3v) is 5.15. The monoisotopic (exact) mass is 343 g/mol. The molecule has 2 saturated heterocycles. The van der Waals surface area contributed by atoms with Crippen LogP contribution in [0.1, 0.15) is 38.2 Å². The zero-order valence-electron chi connectivity index (χ0n) is 14.7. The minimum Gasteiger partial charge on any atom is -0.342 e. The van der Waals surface area contributed by atoms with Crippen LogP contribution in [0.3, 0.4) is 0 Å². The van der Waals surface area contributed by atoms with Crippen LogP contribution in [-0.2, 0) is 16.0 Å². The first-order valence-electron chi connectivity index (χ1n) is 9.01.